The van der Waals surface area contributed by atoms with Crippen LogP contribution in [0.5, 0.6) is 11.5 Å². The Morgan fingerprint density at radius 3 is 2.70 bits per heavy atom. The van der Waals surface area contributed by atoms with E-state index in [-0.39, 0.29) is 12.3 Å². The van der Waals surface area contributed by atoms with Gasteiger partial charge in [-0.3, -0.25) is 14.8 Å². The van der Waals surface area contributed by atoms with Gasteiger partial charge in [-0.25, -0.2) is 10.5 Å². The van der Waals surface area contributed by atoms with Crippen LogP contribution >= 0.6 is 11.3 Å². The second-order valence-electron chi connectivity index (χ2n) is 5.70. The van der Waals surface area contributed by atoms with Gasteiger partial charge in [0.05, 0.1) is 26.0 Å². The van der Waals surface area contributed by atoms with Gasteiger partial charge in [0.15, 0.2) is 0 Å². The van der Waals surface area contributed by atoms with Gasteiger partial charge in [0, 0.05) is 19.0 Å². The fourth-order valence-corrected chi connectivity index (χ4v) is 3.27. The molecule has 0 aliphatic carbocycles. The molecule has 3 N–H and O–H groups in total. The Morgan fingerprint density at radius 2 is 2.00 bits per heavy atom. The van der Waals surface area contributed by atoms with Crippen molar-refractivity contribution >= 4 is 23.2 Å². The maximum atomic E-state index is 12.2. The number of unbranched alkanes of at least 4 members (excludes halogenated alkanes) is 2. The average molecular weight is 393 g/mol. The predicted octanol–water partition coefficient (Wildman–Crippen LogP) is 2.62. The summed E-state index contributed by atoms with van der Waals surface area (Å²) in [5.74, 6) is 0.730. The molecule has 2 rings (SSSR count). The third-order valence-electron chi connectivity index (χ3n) is 3.86. The van der Waals surface area contributed by atoms with Crippen LogP contribution in [0.4, 0.5) is 0 Å². The van der Waals surface area contributed by atoms with Crippen LogP contribution in [0.3, 0.4) is 0 Å². The molecule has 27 heavy (non-hydrogen) atoms. The molecule has 1 heterocycles. The lowest BCUT2D eigenvalue weighted by atomic mass is 10.2. The molecule has 9 heteroatoms. The fraction of sp³-hybridized carbons (Fsp3) is 0.389. The van der Waals surface area contributed by atoms with Crippen molar-refractivity contribution < 1.29 is 24.3 Å². The van der Waals surface area contributed by atoms with Crippen molar-refractivity contribution in [1.82, 2.24) is 15.8 Å². The van der Waals surface area contributed by atoms with Crippen LogP contribution < -0.4 is 20.3 Å². The third kappa shape index (κ3) is 5.93. The second kappa shape index (κ2) is 10.5. The van der Waals surface area contributed by atoms with Gasteiger partial charge in [0.2, 0.25) is 5.91 Å². The number of amides is 2. The molecule has 0 aliphatic heterocycles. The largest absolute Gasteiger partial charge is 0.497 e. The highest BCUT2D eigenvalue weighted by atomic mass is 32.1. The Bertz CT molecular complexity index is 778. The number of carbonyl (C=O) groups excluding carboxylic acids is 2. The minimum atomic E-state index is -0.398. The summed E-state index contributed by atoms with van der Waals surface area (Å²) >= 11 is 1.29. The summed E-state index contributed by atoms with van der Waals surface area (Å²) in [7, 11) is 3.16. The highest BCUT2D eigenvalue weighted by Gasteiger charge is 2.15. The van der Waals surface area contributed by atoms with E-state index in [9.17, 15) is 9.59 Å². The van der Waals surface area contributed by atoms with Crippen molar-refractivity contribution in [3.8, 4) is 22.1 Å². The molecule has 0 bridgehead atoms. The lowest BCUT2D eigenvalue weighted by Crippen LogP contribution is -2.23. The fourth-order valence-electron chi connectivity index (χ4n) is 2.41. The van der Waals surface area contributed by atoms with Crippen molar-refractivity contribution in [2.75, 3.05) is 20.8 Å². The number of hydrogen-bond acceptors (Lipinski definition) is 7. The van der Waals surface area contributed by atoms with Gasteiger partial charge in [-0.2, -0.15) is 0 Å². The minimum absolute atomic E-state index is 0.181. The smallest absolute Gasteiger partial charge is 0.263 e. The van der Waals surface area contributed by atoms with Crippen molar-refractivity contribution in [2.45, 2.75) is 25.7 Å². The zero-order valence-electron chi connectivity index (χ0n) is 15.3. The van der Waals surface area contributed by atoms with Gasteiger partial charge >= 0.3 is 0 Å². The van der Waals surface area contributed by atoms with Gasteiger partial charge < -0.3 is 14.8 Å². The van der Waals surface area contributed by atoms with E-state index in [2.05, 4.69) is 10.3 Å². The van der Waals surface area contributed by atoms with E-state index in [0.717, 1.165) is 18.4 Å². The molecular weight excluding hydrogens is 370 g/mol. The zero-order chi connectivity index (χ0) is 19.6. The van der Waals surface area contributed by atoms with Gasteiger partial charge in [-0.1, -0.05) is 6.42 Å². The Hall–Kier alpha value is -2.65. The molecule has 0 saturated heterocycles. The summed E-state index contributed by atoms with van der Waals surface area (Å²) in [5.41, 5.74) is 2.39. The van der Waals surface area contributed by atoms with Crippen LogP contribution in [-0.4, -0.2) is 42.8 Å². The first-order chi connectivity index (χ1) is 13.1. The van der Waals surface area contributed by atoms with Crippen LogP contribution in [-0.2, 0) is 4.79 Å². The molecule has 8 nitrogen and oxygen atoms in total. The lowest BCUT2D eigenvalue weighted by molar-refractivity contribution is -0.129. The van der Waals surface area contributed by atoms with Crippen molar-refractivity contribution in [2.24, 2.45) is 0 Å². The Kier molecular flexibility index (Phi) is 8.02. The molecule has 0 fully saturated rings. The first-order valence-corrected chi connectivity index (χ1v) is 9.30. The van der Waals surface area contributed by atoms with Gasteiger partial charge in [-0.15, -0.1) is 11.3 Å². The highest BCUT2D eigenvalue weighted by Crippen LogP contribution is 2.35. The molecule has 0 radical (unpaired) electrons. The topological polar surface area (TPSA) is 110 Å². The van der Waals surface area contributed by atoms with E-state index in [4.69, 9.17) is 14.7 Å². The molecule has 1 aromatic heterocycles. The molecule has 2 aromatic rings. The molecule has 0 aliphatic rings. The van der Waals surface area contributed by atoms with Gasteiger partial charge in [0.1, 0.15) is 21.4 Å². The van der Waals surface area contributed by atoms with Crippen LogP contribution in [0, 0.1) is 0 Å². The van der Waals surface area contributed by atoms with E-state index in [1.807, 2.05) is 12.1 Å². The number of benzene rings is 1. The molecule has 0 saturated carbocycles. The van der Waals surface area contributed by atoms with Crippen LogP contribution in [0.25, 0.3) is 10.6 Å². The molecule has 2 amide bonds. The number of rotatable bonds is 10. The Labute approximate surface area is 161 Å². The Balaban J connectivity index is 1.88. The number of ether oxygens (including phenoxy) is 2. The Morgan fingerprint density at radius 1 is 1.19 bits per heavy atom. The van der Waals surface area contributed by atoms with E-state index in [1.165, 1.54) is 11.3 Å². The van der Waals surface area contributed by atoms with Crippen molar-refractivity contribution in [1.29, 1.82) is 0 Å². The van der Waals surface area contributed by atoms with Gasteiger partial charge in [-0.05, 0) is 25.0 Å². The van der Waals surface area contributed by atoms with Crippen molar-refractivity contribution in [3.05, 3.63) is 29.3 Å². The van der Waals surface area contributed by atoms with E-state index in [0.29, 0.717) is 34.3 Å². The molecule has 0 unspecified atom stereocenters. The standard InChI is InChI=1S/C18H23N3O5S/c1-25-12-7-8-13(14(10-12)26-2)18-20-11-15(27-18)17(23)19-9-5-3-4-6-16(22)21-24/h7-8,10-11,24H,3-6,9H2,1-2H3,(H,19,23)(H,21,22). The monoisotopic (exact) mass is 393 g/mol. The third-order valence-corrected chi connectivity index (χ3v) is 4.89. The SMILES string of the molecule is COc1ccc(-c2ncc(C(=O)NCCCCCC(=O)NO)s2)c(OC)c1. The summed E-state index contributed by atoms with van der Waals surface area (Å²) in [4.78, 5) is 28.0. The first kappa shape index (κ1) is 20.7. The lowest BCUT2D eigenvalue weighted by Gasteiger charge is -2.08. The molecular formula is C18H23N3O5S. The normalized spacial score (nSPS) is 10.3. The summed E-state index contributed by atoms with van der Waals surface area (Å²) in [6, 6.07) is 5.43. The number of hydroxylamine groups is 1. The van der Waals surface area contributed by atoms with E-state index in [1.54, 1.807) is 32.0 Å². The summed E-state index contributed by atoms with van der Waals surface area (Å²) in [6.07, 6.45) is 4.01. The summed E-state index contributed by atoms with van der Waals surface area (Å²) in [6.45, 7) is 0.513. The maximum absolute atomic E-state index is 12.2. The van der Waals surface area contributed by atoms with Crippen LogP contribution in [0.2, 0.25) is 0 Å². The van der Waals surface area contributed by atoms with E-state index < -0.39 is 5.91 Å². The van der Waals surface area contributed by atoms with Crippen molar-refractivity contribution in [3.63, 3.8) is 0 Å². The molecule has 0 spiro atoms. The zero-order valence-corrected chi connectivity index (χ0v) is 16.1. The number of thiazole rings is 1. The molecule has 1 aromatic carbocycles. The first-order valence-electron chi connectivity index (χ1n) is 8.48. The average Bonchev–Trinajstić information content (AvgIpc) is 3.19. The number of nitrogens with zero attached hydrogens (tertiary/aromatic N) is 1. The highest BCUT2D eigenvalue weighted by molar-refractivity contribution is 7.16. The van der Waals surface area contributed by atoms with Crippen LogP contribution in [0.15, 0.2) is 24.4 Å². The number of methoxy groups -OCH3 is 2. The van der Waals surface area contributed by atoms with Crippen LogP contribution in [0.1, 0.15) is 35.4 Å². The summed E-state index contributed by atoms with van der Waals surface area (Å²) < 4.78 is 10.6. The number of aromatic nitrogens is 1. The maximum Gasteiger partial charge on any atom is 0.263 e. The number of hydrogen-bond donors (Lipinski definition) is 3. The molecule has 146 valence electrons. The number of nitrogens with one attached hydrogen (secondary N) is 2. The predicted molar refractivity (Wildman–Crippen MR) is 101 cm³/mol. The second-order valence-corrected chi connectivity index (χ2v) is 6.73. The van der Waals surface area contributed by atoms with Gasteiger partial charge in [0.25, 0.3) is 5.91 Å². The van der Waals surface area contributed by atoms with E-state index >= 15 is 0 Å². The summed E-state index contributed by atoms with van der Waals surface area (Å²) in [5, 5.41) is 11.9. The molecule has 0 atom stereocenters. The quantitative estimate of drug-likeness (QED) is 0.325. The number of carbonyl (C=O) groups is 2. The minimum Gasteiger partial charge on any atom is -0.497 e.